The van der Waals surface area contributed by atoms with Crippen molar-refractivity contribution in [3.8, 4) is 5.75 Å². The van der Waals surface area contributed by atoms with E-state index in [1.807, 2.05) is 72.9 Å². The summed E-state index contributed by atoms with van der Waals surface area (Å²) in [6.07, 6.45) is 5.33. The zero-order valence-electron chi connectivity index (χ0n) is 19.8. The fourth-order valence-corrected chi connectivity index (χ4v) is 4.81. The lowest BCUT2D eigenvalue weighted by atomic mass is 10.1. The molecule has 5 rings (SSSR count). The minimum absolute atomic E-state index is 0.118. The minimum atomic E-state index is -0.118. The van der Waals surface area contributed by atoms with Crippen molar-refractivity contribution in [2.45, 2.75) is 24.0 Å². The van der Waals surface area contributed by atoms with E-state index < -0.39 is 0 Å². The Labute approximate surface area is 213 Å². The van der Waals surface area contributed by atoms with Crippen molar-refractivity contribution in [2.75, 3.05) is 7.11 Å². The molecule has 3 aromatic heterocycles. The van der Waals surface area contributed by atoms with Crippen LogP contribution in [0.25, 0.3) is 11.0 Å². The number of methoxy groups -OCH3 is 1. The molecule has 0 atom stereocenters. The molecule has 0 unspecified atom stereocenters. The number of carbonyl (C=O) groups excluding carboxylic acids is 1. The summed E-state index contributed by atoms with van der Waals surface area (Å²) in [7, 11) is 1.67. The third-order valence-corrected chi connectivity index (χ3v) is 6.78. The Morgan fingerprint density at radius 1 is 1.00 bits per heavy atom. The van der Waals surface area contributed by atoms with E-state index in [4.69, 9.17) is 9.72 Å². The Balaban J connectivity index is 1.27. The number of thioether (sulfide) groups is 1. The summed E-state index contributed by atoms with van der Waals surface area (Å²) in [6.45, 7) is 1.06. The van der Waals surface area contributed by atoms with Crippen LogP contribution in [0, 0.1) is 0 Å². The number of carbonyl (C=O) groups is 1. The maximum Gasteiger partial charge on any atom is 0.251 e. The molecule has 0 aliphatic rings. The first-order valence-electron chi connectivity index (χ1n) is 11.5. The summed E-state index contributed by atoms with van der Waals surface area (Å²) in [5, 5.41) is 3.83. The van der Waals surface area contributed by atoms with Gasteiger partial charge in [0, 0.05) is 23.7 Å². The fourth-order valence-electron chi connectivity index (χ4n) is 3.84. The number of benzene rings is 2. The van der Waals surface area contributed by atoms with Crippen molar-refractivity contribution in [3.05, 3.63) is 114 Å². The van der Waals surface area contributed by atoms with Crippen LogP contribution < -0.4 is 10.1 Å². The second-order valence-corrected chi connectivity index (χ2v) is 9.13. The van der Waals surface area contributed by atoms with E-state index in [-0.39, 0.29) is 5.91 Å². The number of rotatable bonds is 9. The monoisotopic (exact) mass is 495 g/mol. The molecule has 8 heteroatoms. The van der Waals surface area contributed by atoms with Crippen molar-refractivity contribution in [1.82, 2.24) is 24.8 Å². The van der Waals surface area contributed by atoms with Crippen LogP contribution in [0.1, 0.15) is 27.2 Å². The van der Waals surface area contributed by atoms with Crippen molar-refractivity contribution >= 4 is 28.7 Å². The van der Waals surface area contributed by atoms with E-state index in [2.05, 4.69) is 25.9 Å². The van der Waals surface area contributed by atoms with Gasteiger partial charge in [0.25, 0.3) is 5.91 Å². The van der Waals surface area contributed by atoms with Gasteiger partial charge < -0.3 is 14.6 Å². The number of pyridine rings is 2. The molecule has 0 fully saturated rings. The van der Waals surface area contributed by atoms with Crippen molar-refractivity contribution < 1.29 is 9.53 Å². The lowest BCUT2D eigenvalue weighted by Gasteiger charge is -2.10. The predicted octanol–water partition coefficient (Wildman–Crippen LogP) is 5.11. The summed E-state index contributed by atoms with van der Waals surface area (Å²) >= 11 is 1.66. The number of amides is 1. The van der Waals surface area contributed by atoms with Crippen LogP contribution in [0.15, 0.2) is 96.5 Å². The quantitative estimate of drug-likeness (QED) is 0.286. The first kappa shape index (κ1) is 23.6. The fraction of sp³-hybridized carbons (Fsp3) is 0.143. The number of nitrogens with zero attached hydrogens (tertiary/aromatic N) is 4. The smallest absolute Gasteiger partial charge is 0.251 e. The average molecular weight is 496 g/mol. The summed E-state index contributed by atoms with van der Waals surface area (Å²) < 4.78 is 7.57. The molecule has 0 aliphatic heterocycles. The standard InChI is InChI=1S/C28H25N5O2S/c1-35-24-7-4-5-21(15-24)18-33-26-17-29-14-12-25(26)32-28(33)36-19-20-8-10-22(11-9-20)27(34)31-16-23-6-2-3-13-30-23/h2-15,17H,16,18-19H2,1H3,(H,31,34). The molecule has 7 nitrogen and oxygen atoms in total. The van der Waals surface area contributed by atoms with Gasteiger partial charge in [-0.1, -0.05) is 42.1 Å². The Morgan fingerprint density at radius 2 is 1.89 bits per heavy atom. The van der Waals surface area contributed by atoms with E-state index in [9.17, 15) is 4.79 Å². The van der Waals surface area contributed by atoms with Gasteiger partial charge in [0.05, 0.1) is 43.1 Å². The van der Waals surface area contributed by atoms with Crippen molar-refractivity contribution in [3.63, 3.8) is 0 Å². The lowest BCUT2D eigenvalue weighted by Crippen LogP contribution is -2.23. The SMILES string of the molecule is COc1cccc(Cn2c(SCc3ccc(C(=O)NCc4ccccn4)cc3)nc3ccncc32)c1. The molecule has 2 aromatic carbocycles. The normalized spacial score (nSPS) is 10.9. The summed E-state index contributed by atoms with van der Waals surface area (Å²) in [5.74, 6) is 1.44. The van der Waals surface area contributed by atoms with Gasteiger partial charge in [-0.25, -0.2) is 4.98 Å². The van der Waals surface area contributed by atoms with Crippen LogP contribution in [0.2, 0.25) is 0 Å². The largest absolute Gasteiger partial charge is 0.497 e. The Bertz CT molecular complexity index is 1470. The van der Waals surface area contributed by atoms with Gasteiger partial charge in [0.15, 0.2) is 5.16 Å². The zero-order chi connectivity index (χ0) is 24.7. The van der Waals surface area contributed by atoms with Gasteiger partial charge in [0.1, 0.15) is 5.75 Å². The number of aromatic nitrogens is 4. The zero-order valence-corrected chi connectivity index (χ0v) is 20.6. The second kappa shape index (κ2) is 11.0. The van der Waals surface area contributed by atoms with Gasteiger partial charge in [0.2, 0.25) is 0 Å². The van der Waals surface area contributed by atoms with Crippen LogP contribution >= 0.6 is 11.8 Å². The van der Waals surface area contributed by atoms with Gasteiger partial charge in [-0.3, -0.25) is 14.8 Å². The molecule has 0 aliphatic carbocycles. The molecule has 3 heterocycles. The first-order chi connectivity index (χ1) is 17.7. The Hall–Kier alpha value is -4.17. The lowest BCUT2D eigenvalue weighted by molar-refractivity contribution is 0.0950. The summed E-state index contributed by atoms with van der Waals surface area (Å²) in [4.78, 5) is 25.9. The Kier molecular flexibility index (Phi) is 7.23. The van der Waals surface area contributed by atoms with Crippen LogP contribution in [-0.4, -0.2) is 32.5 Å². The first-order valence-corrected chi connectivity index (χ1v) is 12.5. The molecule has 0 saturated carbocycles. The summed E-state index contributed by atoms with van der Waals surface area (Å²) in [6, 6.07) is 23.3. The van der Waals surface area contributed by atoms with Gasteiger partial charge in [-0.05, 0) is 53.6 Å². The third-order valence-electron chi connectivity index (χ3n) is 5.73. The second-order valence-electron chi connectivity index (χ2n) is 8.19. The molecule has 0 bridgehead atoms. The predicted molar refractivity (Wildman–Crippen MR) is 141 cm³/mol. The highest BCUT2D eigenvalue weighted by atomic mass is 32.2. The number of hydrogen-bond acceptors (Lipinski definition) is 6. The molecule has 0 spiro atoms. The number of fused-ring (bicyclic) bond motifs is 1. The Morgan fingerprint density at radius 3 is 2.69 bits per heavy atom. The maximum absolute atomic E-state index is 12.5. The van der Waals surface area contributed by atoms with E-state index in [1.165, 1.54) is 0 Å². The molecular weight excluding hydrogens is 470 g/mol. The van der Waals surface area contributed by atoms with Gasteiger partial charge >= 0.3 is 0 Å². The van der Waals surface area contributed by atoms with Crippen LogP contribution in [0.4, 0.5) is 0 Å². The molecular formula is C28H25N5O2S. The number of nitrogens with one attached hydrogen (secondary N) is 1. The molecule has 0 radical (unpaired) electrons. The van der Waals surface area contributed by atoms with E-state index in [0.29, 0.717) is 18.7 Å². The van der Waals surface area contributed by atoms with Crippen molar-refractivity contribution in [1.29, 1.82) is 0 Å². The van der Waals surface area contributed by atoms with Gasteiger partial charge in [-0.15, -0.1) is 0 Å². The highest BCUT2D eigenvalue weighted by Gasteiger charge is 2.13. The molecule has 0 saturated heterocycles. The molecule has 1 N–H and O–H groups in total. The molecule has 180 valence electrons. The molecule has 5 aromatic rings. The topological polar surface area (TPSA) is 81.9 Å². The van der Waals surface area contributed by atoms with Crippen molar-refractivity contribution in [2.24, 2.45) is 0 Å². The van der Waals surface area contributed by atoms with Gasteiger partial charge in [-0.2, -0.15) is 0 Å². The third kappa shape index (κ3) is 5.55. The van der Waals surface area contributed by atoms with Crippen LogP contribution in [0.5, 0.6) is 5.75 Å². The number of imidazole rings is 1. The maximum atomic E-state index is 12.5. The highest BCUT2D eigenvalue weighted by molar-refractivity contribution is 7.98. The van der Waals surface area contributed by atoms with Crippen LogP contribution in [-0.2, 0) is 18.8 Å². The molecule has 1 amide bonds. The summed E-state index contributed by atoms with van der Waals surface area (Å²) in [5.41, 5.74) is 5.58. The van der Waals surface area contributed by atoms with E-state index in [1.54, 1.807) is 31.3 Å². The highest BCUT2D eigenvalue weighted by Crippen LogP contribution is 2.28. The minimum Gasteiger partial charge on any atom is -0.497 e. The number of ether oxygens (including phenoxy) is 1. The average Bonchev–Trinajstić information content (AvgIpc) is 3.28. The van der Waals surface area contributed by atoms with E-state index >= 15 is 0 Å². The molecule has 36 heavy (non-hydrogen) atoms. The number of hydrogen-bond donors (Lipinski definition) is 1. The van der Waals surface area contributed by atoms with Crippen LogP contribution in [0.3, 0.4) is 0 Å². The van der Waals surface area contributed by atoms with E-state index in [0.717, 1.165) is 44.5 Å².